The number of ether oxygens (including phenoxy) is 1. The molecule has 1 saturated heterocycles. The third kappa shape index (κ3) is 5.18. The van der Waals surface area contributed by atoms with E-state index in [-0.39, 0.29) is 23.5 Å². The minimum Gasteiger partial charge on any atom is -0.445 e. The van der Waals surface area contributed by atoms with Crippen molar-refractivity contribution in [1.29, 1.82) is 0 Å². The van der Waals surface area contributed by atoms with E-state index >= 15 is 0 Å². The zero-order valence-electron chi connectivity index (χ0n) is 16.9. The summed E-state index contributed by atoms with van der Waals surface area (Å²) in [7, 11) is 0. The number of primary amides is 1. The fourth-order valence-corrected chi connectivity index (χ4v) is 3.90. The Labute approximate surface area is 183 Å². The molecule has 30 heavy (non-hydrogen) atoms. The molecule has 0 unspecified atom stereocenters. The Morgan fingerprint density at radius 1 is 1.20 bits per heavy atom. The summed E-state index contributed by atoms with van der Waals surface area (Å²) in [6, 6.07) is 13.5. The number of likely N-dealkylation sites (tertiary alicyclic amines) is 1. The maximum atomic E-state index is 13.0. The van der Waals surface area contributed by atoms with E-state index in [1.807, 2.05) is 44.2 Å². The summed E-state index contributed by atoms with van der Waals surface area (Å²) in [6.07, 6.45) is -0.0719. The molecule has 8 heteroatoms. The number of nitrogens with two attached hydrogens (primary N) is 1. The van der Waals surface area contributed by atoms with E-state index in [1.54, 1.807) is 18.2 Å². The van der Waals surface area contributed by atoms with Crippen molar-refractivity contribution < 1.29 is 19.1 Å². The molecule has 1 aliphatic heterocycles. The van der Waals surface area contributed by atoms with Gasteiger partial charge in [-0.25, -0.2) is 4.79 Å². The maximum Gasteiger partial charge on any atom is 0.410 e. The molecule has 2 aromatic carbocycles. The van der Waals surface area contributed by atoms with Crippen LogP contribution in [0.4, 0.5) is 10.5 Å². The zero-order chi connectivity index (χ0) is 21.9. The van der Waals surface area contributed by atoms with Gasteiger partial charge in [0.2, 0.25) is 5.91 Å². The number of benzene rings is 2. The summed E-state index contributed by atoms with van der Waals surface area (Å²) < 4.78 is 6.11. The summed E-state index contributed by atoms with van der Waals surface area (Å²) in [4.78, 5) is 38.9. The predicted molar refractivity (Wildman–Crippen MR) is 117 cm³/mol. The van der Waals surface area contributed by atoms with Crippen LogP contribution in [-0.4, -0.2) is 35.4 Å². The van der Waals surface area contributed by atoms with Crippen molar-refractivity contribution in [3.05, 3.63) is 64.1 Å². The van der Waals surface area contributed by atoms with Gasteiger partial charge in [-0.05, 0) is 35.6 Å². The smallest absolute Gasteiger partial charge is 0.410 e. The minimum absolute atomic E-state index is 0.128. The Morgan fingerprint density at radius 2 is 1.90 bits per heavy atom. The quantitative estimate of drug-likeness (QED) is 0.686. The molecular weight excluding hydrogens is 450 g/mol. The molecule has 1 heterocycles. The van der Waals surface area contributed by atoms with Crippen LogP contribution < -0.4 is 11.1 Å². The lowest BCUT2D eigenvalue weighted by molar-refractivity contribution is -0.120. The minimum atomic E-state index is -0.715. The zero-order valence-corrected chi connectivity index (χ0v) is 18.4. The molecule has 158 valence electrons. The van der Waals surface area contributed by atoms with E-state index < -0.39 is 18.0 Å². The molecule has 0 aromatic heterocycles. The fraction of sp³-hybridized carbons (Fsp3) is 0.318. The first-order chi connectivity index (χ1) is 14.2. The maximum absolute atomic E-state index is 13.0. The van der Waals surface area contributed by atoms with Crippen LogP contribution in [0.15, 0.2) is 53.0 Å². The number of nitrogens with one attached hydrogen (secondary N) is 1. The lowest BCUT2D eigenvalue weighted by atomic mass is 9.90. The van der Waals surface area contributed by atoms with Crippen LogP contribution >= 0.6 is 15.9 Å². The summed E-state index contributed by atoms with van der Waals surface area (Å²) in [6.45, 7) is 4.50. The van der Waals surface area contributed by atoms with Gasteiger partial charge in [-0.15, -0.1) is 0 Å². The second-order valence-electron chi connectivity index (χ2n) is 8.10. The van der Waals surface area contributed by atoms with Crippen molar-refractivity contribution in [3.63, 3.8) is 0 Å². The summed E-state index contributed by atoms with van der Waals surface area (Å²) in [5.74, 6) is -1.04. The number of carbonyl (C=O) groups excluding carboxylic acids is 3. The molecule has 0 radical (unpaired) electrons. The first-order valence-corrected chi connectivity index (χ1v) is 10.3. The SMILES string of the molecule is CC1(C)C[C@@H](C(=O)Nc2ccc(Br)cc2C(N)=O)N(C(=O)OCc2ccccc2)C1. The Balaban J connectivity index is 1.74. The van der Waals surface area contributed by atoms with Gasteiger partial charge in [0.15, 0.2) is 0 Å². The number of anilines is 1. The monoisotopic (exact) mass is 473 g/mol. The van der Waals surface area contributed by atoms with Crippen molar-refractivity contribution in [2.24, 2.45) is 11.1 Å². The molecule has 1 fully saturated rings. The van der Waals surface area contributed by atoms with Gasteiger partial charge in [-0.2, -0.15) is 0 Å². The number of nitrogens with zero attached hydrogens (tertiary/aromatic N) is 1. The molecule has 0 aliphatic carbocycles. The summed E-state index contributed by atoms with van der Waals surface area (Å²) >= 11 is 3.29. The number of hydrogen-bond acceptors (Lipinski definition) is 4. The average Bonchev–Trinajstić information content (AvgIpc) is 3.04. The Morgan fingerprint density at radius 3 is 2.57 bits per heavy atom. The molecular formula is C22H24BrN3O4. The van der Waals surface area contributed by atoms with Crippen LogP contribution in [0.2, 0.25) is 0 Å². The molecule has 3 N–H and O–H groups in total. The lowest BCUT2D eigenvalue weighted by Crippen LogP contribution is -2.43. The van der Waals surface area contributed by atoms with Crippen LogP contribution in [0.25, 0.3) is 0 Å². The average molecular weight is 474 g/mol. The van der Waals surface area contributed by atoms with Crippen molar-refractivity contribution >= 4 is 39.5 Å². The molecule has 0 spiro atoms. The van der Waals surface area contributed by atoms with E-state index in [0.29, 0.717) is 23.1 Å². The summed E-state index contributed by atoms with van der Waals surface area (Å²) in [5, 5.41) is 2.75. The lowest BCUT2D eigenvalue weighted by Gasteiger charge is -2.24. The predicted octanol–water partition coefficient (Wildman–Crippen LogP) is 3.92. The second kappa shape index (κ2) is 8.87. The molecule has 3 amide bonds. The number of carbonyl (C=O) groups is 3. The van der Waals surface area contributed by atoms with Gasteiger partial charge in [0.05, 0.1) is 11.3 Å². The van der Waals surface area contributed by atoms with Gasteiger partial charge < -0.3 is 15.8 Å². The summed E-state index contributed by atoms with van der Waals surface area (Å²) in [5.41, 5.74) is 6.54. The van der Waals surface area contributed by atoms with Crippen LogP contribution in [0.1, 0.15) is 36.2 Å². The molecule has 0 saturated carbocycles. The highest BCUT2D eigenvalue weighted by Crippen LogP contribution is 2.35. The number of amides is 3. The van der Waals surface area contributed by atoms with Gasteiger partial charge in [0, 0.05) is 11.0 Å². The standard InChI is InChI=1S/C22H24BrN3O4/c1-22(2)11-18(20(28)25-17-9-8-15(23)10-16(17)19(24)27)26(13-22)21(29)30-12-14-6-4-3-5-7-14/h3-10,18H,11-13H2,1-2H3,(H2,24,27)(H,25,28)/t18-/m0/s1. The van der Waals surface area contributed by atoms with Crippen molar-refractivity contribution in [2.75, 3.05) is 11.9 Å². The van der Waals surface area contributed by atoms with Gasteiger partial charge in [-0.1, -0.05) is 60.1 Å². The number of hydrogen-bond donors (Lipinski definition) is 2. The highest BCUT2D eigenvalue weighted by atomic mass is 79.9. The van der Waals surface area contributed by atoms with Crippen molar-refractivity contribution in [2.45, 2.75) is 32.9 Å². The van der Waals surface area contributed by atoms with E-state index in [9.17, 15) is 14.4 Å². The van der Waals surface area contributed by atoms with E-state index in [2.05, 4.69) is 21.2 Å². The third-order valence-electron chi connectivity index (χ3n) is 4.97. The highest BCUT2D eigenvalue weighted by Gasteiger charge is 2.44. The first kappa shape index (κ1) is 21.8. The van der Waals surface area contributed by atoms with Gasteiger partial charge >= 0.3 is 6.09 Å². The second-order valence-corrected chi connectivity index (χ2v) is 9.01. The Bertz CT molecular complexity index is 962. The normalized spacial score (nSPS) is 17.4. The highest BCUT2D eigenvalue weighted by molar-refractivity contribution is 9.10. The largest absolute Gasteiger partial charge is 0.445 e. The van der Waals surface area contributed by atoms with Crippen LogP contribution in [0.5, 0.6) is 0 Å². The van der Waals surface area contributed by atoms with Gasteiger partial charge in [0.1, 0.15) is 12.6 Å². The van der Waals surface area contributed by atoms with Gasteiger partial charge in [0.25, 0.3) is 5.91 Å². The molecule has 0 bridgehead atoms. The Hall–Kier alpha value is -2.87. The van der Waals surface area contributed by atoms with Gasteiger partial charge in [-0.3, -0.25) is 14.5 Å². The molecule has 3 rings (SSSR count). The Kier molecular flexibility index (Phi) is 6.45. The third-order valence-corrected chi connectivity index (χ3v) is 5.46. The molecule has 7 nitrogen and oxygen atoms in total. The number of rotatable bonds is 5. The van der Waals surface area contributed by atoms with Crippen molar-refractivity contribution in [1.82, 2.24) is 4.90 Å². The number of halogens is 1. The molecule has 1 atom stereocenters. The van der Waals surface area contributed by atoms with Crippen LogP contribution in [0.3, 0.4) is 0 Å². The van der Waals surface area contributed by atoms with Crippen LogP contribution in [0, 0.1) is 5.41 Å². The van der Waals surface area contributed by atoms with Crippen LogP contribution in [-0.2, 0) is 16.1 Å². The first-order valence-electron chi connectivity index (χ1n) is 9.54. The topological polar surface area (TPSA) is 102 Å². The van der Waals surface area contributed by atoms with Crippen molar-refractivity contribution in [3.8, 4) is 0 Å². The molecule has 2 aromatic rings. The fourth-order valence-electron chi connectivity index (χ4n) is 3.54. The van der Waals surface area contributed by atoms with E-state index in [1.165, 1.54) is 4.90 Å². The van der Waals surface area contributed by atoms with E-state index in [4.69, 9.17) is 10.5 Å². The molecule has 1 aliphatic rings. The van der Waals surface area contributed by atoms with E-state index in [0.717, 1.165) is 5.56 Å².